The van der Waals surface area contributed by atoms with E-state index in [4.69, 9.17) is 18.8 Å². The molecule has 0 bridgehead atoms. The first-order chi connectivity index (χ1) is 11.3. The predicted octanol–water partition coefficient (Wildman–Crippen LogP) is -0.254. The molecule has 0 aliphatic rings. The lowest BCUT2D eigenvalue weighted by Crippen LogP contribution is -2.41. The Morgan fingerprint density at radius 1 is 0.962 bits per heavy atom. The molecule has 0 aliphatic carbocycles. The molecule has 0 amide bonds. The summed E-state index contributed by atoms with van der Waals surface area (Å²) in [6.07, 6.45) is 0. The van der Waals surface area contributed by atoms with Crippen molar-refractivity contribution >= 4 is 51.1 Å². The number of carbonyl (C=O) groups is 3. The third-order valence-corrected chi connectivity index (χ3v) is 3.49. The molecular weight excluding hydrogens is 381 g/mol. The molecule has 0 unspecified atom stereocenters. The number of esters is 3. The summed E-state index contributed by atoms with van der Waals surface area (Å²) in [5.74, 6) is -3.29. The minimum absolute atomic E-state index is 0. The molecule has 11 heteroatoms. The van der Waals surface area contributed by atoms with Gasteiger partial charge in [-0.25, -0.2) is 9.59 Å². The van der Waals surface area contributed by atoms with E-state index in [1.54, 1.807) is 0 Å². The SMILES string of the molecule is C=C(C)C(=O)OCC(C)(COC(=O)C(=C)C)C(=O)OCCS(=O)(=O)O.[MgH2]. The molecule has 0 aromatic rings. The van der Waals surface area contributed by atoms with E-state index in [-0.39, 0.29) is 34.2 Å². The van der Waals surface area contributed by atoms with Crippen LogP contribution < -0.4 is 0 Å². The monoisotopic (exact) mass is 404 g/mol. The summed E-state index contributed by atoms with van der Waals surface area (Å²) in [5, 5.41) is 0. The number of hydrogen-bond acceptors (Lipinski definition) is 8. The Morgan fingerprint density at radius 2 is 1.35 bits per heavy atom. The van der Waals surface area contributed by atoms with Gasteiger partial charge in [-0.2, -0.15) is 8.42 Å². The fraction of sp³-hybridized carbons (Fsp3) is 0.533. The lowest BCUT2D eigenvalue weighted by atomic mass is 9.93. The van der Waals surface area contributed by atoms with Crippen molar-refractivity contribution in [1.29, 1.82) is 0 Å². The molecule has 0 radical (unpaired) electrons. The first-order valence-corrected chi connectivity index (χ1v) is 8.67. The van der Waals surface area contributed by atoms with Crippen LogP contribution in [0.4, 0.5) is 0 Å². The van der Waals surface area contributed by atoms with Crippen LogP contribution in [0.15, 0.2) is 24.3 Å². The van der Waals surface area contributed by atoms with Gasteiger partial charge < -0.3 is 14.2 Å². The van der Waals surface area contributed by atoms with Gasteiger partial charge in [0.15, 0.2) is 0 Å². The number of rotatable bonds is 10. The van der Waals surface area contributed by atoms with Crippen LogP contribution in [0.1, 0.15) is 20.8 Å². The van der Waals surface area contributed by atoms with Crippen molar-refractivity contribution in [3.05, 3.63) is 24.3 Å². The van der Waals surface area contributed by atoms with Crippen LogP contribution in [0.25, 0.3) is 0 Å². The normalized spacial score (nSPS) is 10.9. The fourth-order valence-electron chi connectivity index (χ4n) is 1.27. The van der Waals surface area contributed by atoms with Gasteiger partial charge in [-0.1, -0.05) is 13.2 Å². The summed E-state index contributed by atoms with van der Waals surface area (Å²) < 4.78 is 44.5. The van der Waals surface area contributed by atoms with Gasteiger partial charge in [-0.15, -0.1) is 0 Å². The molecule has 0 rings (SSSR count). The van der Waals surface area contributed by atoms with Gasteiger partial charge in [0, 0.05) is 11.1 Å². The van der Waals surface area contributed by atoms with Gasteiger partial charge in [0.25, 0.3) is 10.1 Å². The summed E-state index contributed by atoms with van der Waals surface area (Å²) in [5.41, 5.74) is -1.39. The summed E-state index contributed by atoms with van der Waals surface area (Å²) in [4.78, 5) is 35.2. The molecule has 1 N–H and O–H groups in total. The van der Waals surface area contributed by atoms with E-state index < -0.39 is 59.0 Å². The highest BCUT2D eigenvalue weighted by Crippen LogP contribution is 2.21. The van der Waals surface area contributed by atoms with Crippen LogP contribution in [0.3, 0.4) is 0 Å². The highest BCUT2D eigenvalue weighted by molar-refractivity contribution is 7.85. The Morgan fingerprint density at radius 3 is 1.65 bits per heavy atom. The molecular formula is C15H24MgO9S. The minimum atomic E-state index is -4.31. The summed E-state index contributed by atoms with van der Waals surface area (Å²) in [6, 6.07) is 0. The number of carbonyl (C=O) groups excluding carboxylic acids is 3. The third-order valence-electron chi connectivity index (χ3n) is 2.81. The first-order valence-electron chi connectivity index (χ1n) is 7.06. The molecule has 0 aliphatic heterocycles. The maximum atomic E-state index is 12.2. The van der Waals surface area contributed by atoms with Crippen molar-refractivity contribution in [2.45, 2.75) is 20.8 Å². The van der Waals surface area contributed by atoms with E-state index in [0.29, 0.717) is 0 Å². The molecule has 0 atom stereocenters. The predicted molar refractivity (Wildman–Crippen MR) is 95.6 cm³/mol. The molecule has 0 saturated heterocycles. The zero-order chi connectivity index (χ0) is 19.8. The Hall–Kier alpha value is -1.43. The van der Waals surface area contributed by atoms with Gasteiger partial charge in [0.2, 0.25) is 0 Å². The molecule has 146 valence electrons. The molecule has 0 spiro atoms. The Balaban J connectivity index is 0. The van der Waals surface area contributed by atoms with E-state index in [2.05, 4.69) is 13.2 Å². The average Bonchev–Trinajstić information content (AvgIpc) is 2.48. The van der Waals surface area contributed by atoms with Crippen LogP contribution in [-0.2, 0) is 38.7 Å². The largest absolute Gasteiger partial charge is 0.464 e. The summed E-state index contributed by atoms with van der Waals surface area (Å²) >= 11 is 0. The van der Waals surface area contributed by atoms with E-state index >= 15 is 0 Å². The van der Waals surface area contributed by atoms with E-state index in [1.165, 1.54) is 20.8 Å². The summed E-state index contributed by atoms with van der Waals surface area (Å²) in [7, 11) is -4.31. The smallest absolute Gasteiger partial charge is 0.333 e. The second-order valence-corrected chi connectivity index (χ2v) is 7.27. The topological polar surface area (TPSA) is 133 Å². The van der Waals surface area contributed by atoms with E-state index in [9.17, 15) is 22.8 Å². The molecule has 0 saturated carbocycles. The van der Waals surface area contributed by atoms with Crippen LogP contribution in [-0.4, -0.2) is 79.5 Å². The van der Waals surface area contributed by atoms with Gasteiger partial charge in [0.1, 0.15) is 31.0 Å². The second-order valence-electron chi connectivity index (χ2n) is 5.70. The van der Waals surface area contributed by atoms with E-state index in [1.807, 2.05) is 0 Å². The van der Waals surface area contributed by atoms with Crippen molar-refractivity contribution in [3.8, 4) is 0 Å². The van der Waals surface area contributed by atoms with Crippen LogP contribution in [0.5, 0.6) is 0 Å². The van der Waals surface area contributed by atoms with E-state index in [0.717, 1.165) is 0 Å². The average molecular weight is 405 g/mol. The molecule has 0 aromatic carbocycles. The van der Waals surface area contributed by atoms with Crippen LogP contribution in [0.2, 0.25) is 0 Å². The zero-order valence-corrected chi connectivity index (χ0v) is 15.2. The van der Waals surface area contributed by atoms with Gasteiger partial charge in [-0.05, 0) is 20.8 Å². The molecule has 0 aromatic heterocycles. The summed E-state index contributed by atoms with van der Waals surface area (Å²) in [6.45, 7) is 9.31. The standard InChI is InChI=1S/C15H22O9S.Mg.2H/c1-10(2)12(16)23-8-15(5,9-24-13(17)11(3)4)14(18)22-6-7-25(19,20)21;;;/h1,3,6-9H2,2,4-5H3,(H,19,20,21);;;. The molecule has 26 heavy (non-hydrogen) atoms. The minimum Gasteiger partial charge on any atom is -0.464 e. The lowest BCUT2D eigenvalue weighted by molar-refractivity contribution is -0.167. The van der Waals surface area contributed by atoms with Gasteiger partial charge >= 0.3 is 41.0 Å². The van der Waals surface area contributed by atoms with Crippen molar-refractivity contribution in [2.24, 2.45) is 5.41 Å². The maximum absolute atomic E-state index is 12.2. The Kier molecular flexibility index (Phi) is 11.7. The number of ether oxygens (including phenoxy) is 3. The fourth-order valence-corrected chi connectivity index (χ4v) is 1.56. The van der Waals surface area contributed by atoms with Crippen LogP contribution in [0, 0.1) is 5.41 Å². The van der Waals surface area contributed by atoms with Crippen molar-refractivity contribution < 1.29 is 41.6 Å². The van der Waals surface area contributed by atoms with Gasteiger partial charge in [0.05, 0.1) is 0 Å². The number of hydrogen-bond donors (Lipinski definition) is 1. The van der Waals surface area contributed by atoms with Gasteiger partial charge in [-0.3, -0.25) is 9.35 Å². The first kappa shape index (κ1) is 26.8. The maximum Gasteiger partial charge on any atom is 0.333 e. The Bertz CT molecular complexity index is 637. The molecule has 0 heterocycles. The lowest BCUT2D eigenvalue weighted by Gasteiger charge is -2.26. The van der Waals surface area contributed by atoms with Crippen LogP contribution >= 0.6 is 0 Å². The second kappa shape index (κ2) is 11.3. The third kappa shape index (κ3) is 10.5. The highest BCUT2D eigenvalue weighted by atomic mass is 32.2. The zero-order valence-electron chi connectivity index (χ0n) is 14.4. The van der Waals surface area contributed by atoms with Crippen molar-refractivity contribution in [3.63, 3.8) is 0 Å². The Labute approximate surface area is 168 Å². The van der Waals surface area contributed by atoms with Crippen molar-refractivity contribution in [1.82, 2.24) is 0 Å². The van der Waals surface area contributed by atoms with Crippen molar-refractivity contribution in [2.75, 3.05) is 25.6 Å². The quantitative estimate of drug-likeness (QED) is 0.172. The molecule has 9 nitrogen and oxygen atoms in total. The molecule has 0 fully saturated rings. The highest BCUT2D eigenvalue weighted by Gasteiger charge is 2.39.